The first-order valence-electron chi connectivity index (χ1n) is 5.72. The Morgan fingerprint density at radius 3 is 2.26 bits per heavy atom. The number of aliphatic carboxylic acids is 1. The zero-order valence-electron chi connectivity index (χ0n) is 9.99. The third-order valence-electron chi connectivity index (χ3n) is 2.81. The van der Waals surface area contributed by atoms with E-state index in [0.29, 0.717) is 0 Å². The van der Waals surface area contributed by atoms with Crippen LogP contribution in [0.25, 0.3) is 0 Å². The van der Waals surface area contributed by atoms with Crippen LogP contribution in [0.3, 0.4) is 0 Å². The van der Waals surface area contributed by atoms with Crippen LogP contribution in [0.5, 0.6) is 0 Å². The molecule has 9 nitrogen and oxygen atoms in total. The van der Waals surface area contributed by atoms with Crippen molar-refractivity contribution in [1.82, 2.24) is 0 Å². The zero-order valence-corrected chi connectivity index (χ0v) is 9.99. The van der Waals surface area contributed by atoms with Crippen LogP contribution in [0.4, 0.5) is 0 Å². The van der Waals surface area contributed by atoms with Gasteiger partial charge in [0.25, 0.3) is 0 Å². The van der Waals surface area contributed by atoms with Crippen LogP contribution in [-0.4, -0.2) is 86.6 Å². The predicted molar refractivity (Wildman–Crippen MR) is 58.0 cm³/mol. The molecule has 112 valence electrons. The van der Waals surface area contributed by atoms with Crippen molar-refractivity contribution in [3.05, 3.63) is 0 Å². The highest BCUT2D eigenvalue weighted by molar-refractivity contribution is 5.72. The number of hydrogen-bond donors (Lipinski definition) is 6. The summed E-state index contributed by atoms with van der Waals surface area (Å²) in [6.45, 7) is -1.09. The monoisotopic (exact) mass is 282 g/mol. The molecule has 0 saturated carbocycles. The summed E-state index contributed by atoms with van der Waals surface area (Å²) in [6, 6.07) is 0. The van der Waals surface area contributed by atoms with Gasteiger partial charge in [-0.25, -0.2) is 4.79 Å². The van der Waals surface area contributed by atoms with Gasteiger partial charge in [-0.05, 0) is 0 Å². The number of aliphatic hydroxyl groups is 5. The number of carbonyl (C=O) groups is 1. The molecule has 1 rings (SSSR count). The van der Waals surface area contributed by atoms with E-state index >= 15 is 0 Å². The van der Waals surface area contributed by atoms with Crippen molar-refractivity contribution in [2.75, 3.05) is 13.2 Å². The maximum atomic E-state index is 10.8. The number of carboxylic acids is 1. The average molecular weight is 282 g/mol. The molecule has 0 amide bonds. The minimum absolute atomic E-state index is 0.232. The standard InChI is InChI=1S/C10H18O9/c11-2-1-4(9(16)17)18-10-8(15)7(14)6(13)5(3-12)19-10/h4-8,10-15H,1-3H2,(H,16,17)/t4?,5-,6-,7+,8-,10?/m1/s1. The van der Waals surface area contributed by atoms with Gasteiger partial charge >= 0.3 is 5.97 Å². The second kappa shape index (κ2) is 7.10. The molecule has 1 aliphatic heterocycles. The van der Waals surface area contributed by atoms with Gasteiger partial charge in [0.2, 0.25) is 0 Å². The zero-order chi connectivity index (χ0) is 14.6. The Bertz CT molecular complexity index is 295. The normalized spacial score (nSPS) is 37.0. The third-order valence-corrected chi connectivity index (χ3v) is 2.81. The molecule has 6 atom stereocenters. The van der Waals surface area contributed by atoms with Gasteiger partial charge in [-0.1, -0.05) is 0 Å². The molecule has 1 aliphatic rings. The molecule has 2 unspecified atom stereocenters. The Labute approximate surface area is 108 Å². The lowest BCUT2D eigenvalue weighted by Gasteiger charge is -2.40. The number of hydrogen-bond acceptors (Lipinski definition) is 8. The summed E-state index contributed by atoms with van der Waals surface area (Å²) in [4.78, 5) is 10.8. The molecule has 1 fully saturated rings. The summed E-state index contributed by atoms with van der Waals surface area (Å²) in [5, 5.41) is 55.1. The second-order valence-electron chi connectivity index (χ2n) is 4.17. The average Bonchev–Trinajstić information content (AvgIpc) is 2.38. The van der Waals surface area contributed by atoms with E-state index in [-0.39, 0.29) is 6.42 Å². The van der Waals surface area contributed by atoms with E-state index < -0.39 is 56.0 Å². The topological polar surface area (TPSA) is 157 Å². The molecule has 6 N–H and O–H groups in total. The lowest BCUT2D eigenvalue weighted by Crippen LogP contribution is -2.60. The van der Waals surface area contributed by atoms with E-state index in [1.165, 1.54) is 0 Å². The molecule has 0 aromatic rings. The molecule has 0 aromatic heterocycles. The second-order valence-corrected chi connectivity index (χ2v) is 4.17. The highest BCUT2D eigenvalue weighted by Crippen LogP contribution is 2.23. The highest BCUT2D eigenvalue weighted by Gasteiger charge is 2.45. The molecule has 9 heteroatoms. The Morgan fingerprint density at radius 2 is 1.79 bits per heavy atom. The van der Waals surface area contributed by atoms with Crippen LogP contribution in [0, 0.1) is 0 Å². The quantitative estimate of drug-likeness (QED) is 0.292. The molecule has 1 saturated heterocycles. The molecule has 19 heavy (non-hydrogen) atoms. The Kier molecular flexibility index (Phi) is 6.07. The first-order chi connectivity index (χ1) is 8.92. The Balaban J connectivity index is 2.72. The SMILES string of the molecule is O=C(O)C(CCO)OC1O[C@H](CO)[C@@H](O)[C@H](O)[C@H]1O. The first kappa shape index (κ1) is 16.2. The number of carboxylic acid groups (broad SMARTS) is 1. The maximum absolute atomic E-state index is 10.8. The van der Waals surface area contributed by atoms with Crippen molar-refractivity contribution >= 4 is 5.97 Å². The molecule has 0 bridgehead atoms. The summed E-state index contributed by atoms with van der Waals surface area (Å²) >= 11 is 0. The number of ether oxygens (including phenoxy) is 2. The summed E-state index contributed by atoms with van der Waals surface area (Å²) in [6.07, 6.45) is -9.22. The minimum Gasteiger partial charge on any atom is -0.479 e. The molecular weight excluding hydrogens is 264 g/mol. The largest absolute Gasteiger partial charge is 0.479 e. The minimum atomic E-state index is -1.67. The first-order valence-corrected chi connectivity index (χ1v) is 5.72. The van der Waals surface area contributed by atoms with E-state index in [9.17, 15) is 20.1 Å². The Hall–Kier alpha value is -0.810. The van der Waals surface area contributed by atoms with Gasteiger partial charge in [-0.15, -0.1) is 0 Å². The summed E-state index contributed by atoms with van der Waals surface area (Å²) in [5.74, 6) is -1.37. The van der Waals surface area contributed by atoms with Gasteiger partial charge in [-0.3, -0.25) is 0 Å². The van der Waals surface area contributed by atoms with Crippen LogP contribution >= 0.6 is 0 Å². The van der Waals surface area contributed by atoms with Crippen LogP contribution in [0.1, 0.15) is 6.42 Å². The predicted octanol–water partition coefficient (Wildman–Crippen LogP) is -3.36. The van der Waals surface area contributed by atoms with Gasteiger partial charge in [0.15, 0.2) is 12.4 Å². The maximum Gasteiger partial charge on any atom is 0.333 e. The van der Waals surface area contributed by atoms with Crippen LogP contribution < -0.4 is 0 Å². The van der Waals surface area contributed by atoms with Crippen molar-refractivity contribution in [1.29, 1.82) is 0 Å². The van der Waals surface area contributed by atoms with Crippen molar-refractivity contribution in [3.63, 3.8) is 0 Å². The van der Waals surface area contributed by atoms with E-state index in [0.717, 1.165) is 0 Å². The smallest absolute Gasteiger partial charge is 0.333 e. The lowest BCUT2D eigenvalue weighted by molar-refractivity contribution is -0.310. The molecule has 0 radical (unpaired) electrons. The van der Waals surface area contributed by atoms with Gasteiger partial charge in [0.05, 0.1) is 6.61 Å². The lowest BCUT2D eigenvalue weighted by atomic mass is 9.99. The summed E-state index contributed by atoms with van der Waals surface area (Å²) < 4.78 is 9.92. The van der Waals surface area contributed by atoms with Crippen LogP contribution in [0.15, 0.2) is 0 Å². The fraction of sp³-hybridized carbons (Fsp3) is 0.900. The van der Waals surface area contributed by atoms with Crippen molar-refractivity contribution < 1.29 is 44.9 Å². The van der Waals surface area contributed by atoms with E-state index in [1.807, 2.05) is 0 Å². The molecule has 0 spiro atoms. The molecule has 1 heterocycles. The van der Waals surface area contributed by atoms with E-state index in [2.05, 4.69) is 0 Å². The summed E-state index contributed by atoms with van der Waals surface area (Å²) in [5.41, 5.74) is 0. The molecular formula is C10H18O9. The summed E-state index contributed by atoms with van der Waals surface area (Å²) in [7, 11) is 0. The molecule has 0 aromatic carbocycles. The van der Waals surface area contributed by atoms with Crippen molar-refractivity contribution in [2.45, 2.75) is 43.2 Å². The van der Waals surface area contributed by atoms with Crippen molar-refractivity contribution in [3.8, 4) is 0 Å². The fourth-order valence-electron chi connectivity index (χ4n) is 1.71. The number of aliphatic hydroxyl groups excluding tert-OH is 5. The fourth-order valence-corrected chi connectivity index (χ4v) is 1.71. The highest BCUT2D eigenvalue weighted by atomic mass is 16.7. The van der Waals surface area contributed by atoms with Crippen LogP contribution in [-0.2, 0) is 14.3 Å². The van der Waals surface area contributed by atoms with Crippen molar-refractivity contribution in [2.24, 2.45) is 0 Å². The van der Waals surface area contributed by atoms with Gasteiger partial charge < -0.3 is 40.1 Å². The number of rotatable bonds is 6. The Morgan fingerprint density at radius 1 is 1.16 bits per heavy atom. The van der Waals surface area contributed by atoms with Gasteiger partial charge in [-0.2, -0.15) is 0 Å². The third kappa shape index (κ3) is 3.83. The van der Waals surface area contributed by atoms with E-state index in [4.69, 9.17) is 24.8 Å². The van der Waals surface area contributed by atoms with Crippen LogP contribution in [0.2, 0.25) is 0 Å². The van der Waals surface area contributed by atoms with Gasteiger partial charge in [0, 0.05) is 13.0 Å². The molecule has 0 aliphatic carbocycles. The van der Waals surface area contributed by atoms with E-state index in [1.54, 1.807) is 0 Å². The van der Waals surface area contributed by atoms with Gasteiger partial charge in [0.1, 0.15) is 24.4 Å².